The van der Waals surface area contributed by atoms with E-state index >= 15 is 0 Å². The Hall–Kier alpha value is -1.06. The van der Waals surface area contributed by atoms with Gasteiger partial charge in [0.2, 0.25) is 0 Å². The second-order valence-corrected chi connectivity index (χ2v) is 4.69. The van der Waals surface area contributed by atoms with Crippen LogP contribution in [0.15, 0.2) is 24.3 Å². The van der Waals surface area contributed by atoms with Crippen molar-refractivity contribution < 1.29 is 9.47 Å². The zero-order valence-corrected chi connectivity index (χ0v) is 10.6. The first-order valence-corrected chi connectivity index (χ1v) is 6.26. The molecule has 3 nitrogen and oxygen atoms in total. The van der Waals surface area contributed by atoms with Gasteiger partial charge < -0.3 is 14.8 Å². The van der Waals surface area contributed by atoms with Gasteiger partial charge in [0.05, 0.1) is 6.61 Å². The van der Waals surface area contributed by atoms with Gasteiger partial charge in [-0.3, -0.25) is 0 Å². The predicted octanol–water partition coefficient (Wildman–Crippen LogP) is 2.35. The number of benzene rings is 1. The van der Waals surface area contributed by atoms with Gasteiger partial charge in [0.25, 0.3) is 0 Å². The van der Waals surface area contributed by atoms with Crippen LogP contribution in [0.25, 0.3) is 0 Å². The molecule has 0 bridgehead atoms. The summed E-state index contributed by atoms with van der Waals surface area (Å²) in [6.07, 6.45) is 2.83. The molecular weight excluding hydrogens is 214 g/mol. The standard InChI is InChI=1S/C14H21NO2/c1-11(9-15-13-6-7-13)17-14-5-3-4-12(8-14)10-16-2/h3-5,8,11,13,15H,6-7,9-10H2,1-2H3. The highest BCUT2D eigenvalue weighted by Crippen LogP contribution is 2.19. The van der Waals surface area contributed by atoms with E-state index in [2.05, 4.69) is 12.2 Å². The number of rotatable bonds is 7. The minimum absolute atomic E-state index is 0.202. The molecule has 0 amide bonds. The summed E-state index contributed by atoms with van der Waals surface area (Å²) in [5.74, 6) is 0.921. The smallest absolute Gasteiger partial charge is 0.120 e. The summed E-state index contributed by atoms with van der Waals surface area (Å²) in [5.41, 5.74) is 1.15. The van der Waals surface area contributed by atoms with E-state index in [1.807, 2.05) is 24.3 Å². The van der Waals surface area contributed by atoms with Crippen LogP contribution in [0.3, 0.4) is 0 Å². The van der Waals surface area contributed by atoms with Crippen LogP contribution in [0.5, 0.6) is 5.75 Å². The molecule has 1 N–H and O–H groups in total. The summed E-state index contributed by atoms with van der Waals surface area (Å²) < 4.78 is 11.0. The van der Waals surface area contributed by atoms with Gasteiger partial charge in [-0.25, -0.2) is 0 Å². The second kappa shape index (κ2) is 6.03. The molecule has 94 valence electrons. The Labute approximate surface area is 103 Å². The van der Waals surface area contributed by atoms with Crippen molar-refractivity contribution >= 4 is 0 Å². The van der Waals surface area contributed by atoms with E-state index < -0.39 is 0 Å². The molecule has 1 unspecified atom stereocenters. The van der Waals surface area contributed by atoms with Crippen LogP contribution in [-0.2, 0) is 11.3 Å². The third kappa shape index (κ3) is 4.36. The molecule has 1 fully saturated rings. The van der Waals surface area contributed by atoms with Crippen LogP contribution in [-0.4, -0.2) is 25.8 Å². The first-order chi connectivity index (χ1) is 8.28. The lowest BCUT2D eigenvalue weighted by atomic mass is 10.2. The van der Waals surface area contributed by atoms with Crippen molar-refractivity contribution in [2.45, 2.75) is 38.5 Å². The van der Waals surface area contributed by atoms with Crippen molar-refractivity contribution in [3.8, 4) is 5.75 Å². The van der Waals surface area contributed by atoms with Crippen molar-refractivity contribution in [2.24, 2.45) is 0 Å². The van der Waals surface area contributed by atoms with Gasteiger partial charge in [-0.1, -0.05) is 12.1 Å². The fourth-order valence-electron chi connectivity index (χ4n) is 1.77. The number of hydrogen-bond acceptors (Lipinski definition) is 3. The lowest BCUT2D eigenvalue weighted by Crippen LogP contribution is -2.30. The van der Waals surface area contributed by atoms with Crippen molar-refractivity contribution in [3.63, 3.8) is 0 Å². The Balaban J connectivity index is 1.81. The summed E-state index contributed by atoms with van der Waals surface area (Å²) >= 11 is 0. The topological polar surface area (TPSA) is 30.5 Å². The monoisotopic (exact) mass is 235 g/mol. The van der Waals surface area contributed by atoms with Gasteiger partial charge >= 0.3 is 0 Å². The van der Waals surface area contributed by atoms with E-state index in [9.17, 15) is 0 Å². The van der Waals surface area contributed by atoms with Crippen LogP contribution in [0.1, 0.15) is 25.3 Å². The SMILES string of the molecule is COCc1cccc(OC(C)CNC2CC2)c1. The first kappa shape index (κ1) is 12.4. The maximum absolute atomic E-state index is 5.86. The quantitative estimate of drug-likeness (QED) is 0.787. The molecule has 1 aliphatic rings. The van der Waals surface area contributed by atoms with Gasteiger partial charge in [-0.05, 0) is 37.5 Å². The van der Waals surface area contributed by atoms with Crippen molar-refractivity contribution in [1.82, 2.24) is 5.32 Å². The lowest BCUT2D eigenvalue weighted by molar-refractivity contribution is 0.183. The van der Waals surface area contributed by atoms with E-state index in [1.54, 1.807) is 7.11 Å². The Morgan fingerprint density at radius 3 is 2.94 bits per heavy atom. The molecule has 3 heteroatoms. The minimum Gasteiger partial charge on any atom is -0.489 e. The van der Waals surface area contributed by atoms with Crippen LogP contribution in [0, 0.1) is 0 Å². The molecule has 1 aromatic carbocycles. The van der Waals surface area contributed by atoms with Crippen LogP contribution in [0.2, 0.25) is 0 Å². The molecular formula is C14H21NO2. The fourth-order valence-corrected chi connectivity index (χ4v) is 1.77. The second-order valence-electron chi connectivity index (χ2n) is 4.69. The molecule has 1 aromatic rings. The third-order valence-electron chi connectivity index (χ3n) is 2.82. The molecule has 0 saturated heterocycles. The molecule has 0 aromatic heterocycles. The van der Waals surface area contributed by atoms with Crippen LogP contribution in [0.4, 0.5) is 0 Å². The Kier molecular flexibility index (Phi) is 4.40. The summed E-state index contributed by atoms with van der Waals surface area (Å²) in [4.78, 5) is 0. The molecule has 1 atom stereocenters. The molecule has 17 heavy (non-hydrogen) atoms. The zero-order chi connectivity index (χ0) is 12.1. The van der Waals surface area contributed by atoms with Crippen LogP contribution < -0.4 is 10.1 Å². The third-order valence-corrected chi connectivity index (χ3v) is 2.82. The maximum atomic E-state index is 5.86. The largest absolute Gasteiger partial charge is 0.489 e. The summed E-state index contributed by atoms with van der Waals surface area (Å²) in [6, 6.07) is 8.82. The highest BCUT2D eigenvalue weighted by atomic mass is 16.5. The molecule has 0 heterocycles. The van der Waals surface area contributed by atoms with Crippen molar-refractivity contribution in [2.75, 3.05) is 13.7 Å². The van der Waals surface area contributed by atoms with E-state index in [4.69, 9.17) is 9.47 Å². The van der Waals surface area contributed by atoms with Gasteiger partial charge in [-0.15, -0.1) is 0 Å². The Morgan fingerprint density at radius 1 is 1.41 bits per heavy atom. The average Bonchev–Trinajstić information content (AvgIpc) is 3.11. The minimum atomic E-state index is 0.202. The Bertz CT molecular complexity index is 350. The van der Waals surface area contributed by atoms with E-state index in [0.717, 1.165) is 23.9 Å². The van der Waals surface area contributed by atoms with Gasteiger partial charge in [0.15, 0.2) is 0 Å². The lowest BCUT2D eigenvalue weighted by Gasteiger charge is -2.15. The van der Waals surface area contributed by atoms with E-state index in [1.165, 1.54) is 12.8 Å². The number of hydrogen-bond donors (Lipinski definition) is 1. The normalized spacial score (nSPS) is 16.8. The highest BCUT2D eigenvalue weighted by Gasteiger charge is 2.21. The summed E-state index contributed by atoms with van der Waals surface area (Å²) in [7, 11) is 1.70. The number of ether oxygens (including phenoxy) is 2. The fraction of sp³-hybridized carbons (Fsp3) is 0.571. The molecule has 1 aliphatic carbocycles. The van der Waals surface area contributed by atoms with Gasteiger partial charge in [0.1, 0.15) is 11.9 Å². The number of nitrogens with one attached hydrogen (secondary N) is 1. The maximum Gasteiger partial charge on any atom is 0.120 e. The van der Waals surface area contributed by atoms with E-state index in [-0.39, 0.29) is 6.10 Å². The van der Waals surface area contributed by atoms with Gasteiger partial charge in [-0.2, -0.15) is 0 Å². The predicted molar refractivity (Wildman–Crippen MR) is 68.3 cm³/mol. The van der Waals surface area contributed by atoms with Crippen molar-refractivity contribution in [3.05, 3.63) is 29.8 Å². The van der Waals surface area contributed by atoms with Crippen LogP contribution >= 0.6 is 0 Å². The summed E-state index contributed by atoms with van der Waals surface area (Å²) in [5, 5.41) is 3.47. The Morgan fingerprint density at radius 2 is 2.24 bits per heavy atom. The first-order valence-electron chi connectivity index (χ1n) is 6.26. The zero-order valence-electron chi connectivity index (χ0n) is 10.6. The number of methoxy groups -OCH3 is 1. The van der Waals surface area contributed by atoms with E-state index in [0.29, 0.717) is 6.61 Å². The highest BCUT2D eigenvalue weighted by molar-refractivity contribution is 5.28. The molecule has 1 saturated carbocycles. The van der Waals surface area contributed by atoms with Gasteiger partial charge in [0, 0.05) is 19.7 Å². The molecule has 0 spiro atoms. The molecule has 2 rings (SSSR count). The average molecular weight is 235 g/mol. The molecule has 0 aliphatic heterocycles. The summed E-state index contributed by atoms with van der Waals surface area (Å²) in [6.45, 7) is 3.64. The molecule has 0 radical (unpaired) electrons. The van der Waals surface area contributed by atoms with Crippen molar-refractivity contribution in [1.29, 1.82) is 0 Å².